The predicted octanol–water partition coefficient (Wildman–Crippen LogP) is 3.08. The number of aryl methyl sites for hydroxylation is 2. The Balaban J connectivity index is 2.06. The number of hydrogen-bond acceptors (Lipinski definition) is 3. The molecule has 0 radical (unpaired) electrons. The van der Waals surface area contributed by atoms with Crippen LogP contribution in [0.25, 0.3) is 11.0 Å². The number of nitrogens with one attached hydrogen (secondary N) is 1. The van der Waals surface area contributed by atoms with Crippen molar-refractivity contribution in [2.24, 2.45) is 7.05 Å². The van der Waals surface area contributed by atoms with Crippen LogP contribution >= 0.6 is 0 Å². The molecule has 116 valence electrons. The van der Waals surface area contributed by atoms with Gasteiger partial charge in [0.25, 0.3) is 0 Å². The molecule has 0 spiro atoms. The summed E-state index contributed by atoms with van der Waals surface area (Å²) in [4.78, 5) is 4.53. The molecule has 0 aliphatic carbocycles. The minimum Gasteiger partial charge on any atom is -0.387 e. The van der Waals surface area contributed by atoms with Crippen molar-refractivity contribution in [2.75, 3.05) is 6.54 Å². The molecule has 4 nitrogen and oxygen atoms in total. The summed E-state index contributed by atoms with van der Waals surface area (Å²) < 4.78 is 2.07. The summed E-state index contributed by atoms with van der Waals surface area (Å²) in [6.07, 6.45) is 3.10. The van der Waals surface area contributed by atoms with Crippen molar-refractivity contribution in [2.45, 2.75) is 52.2 Å². The number of aliphatic hydroxyl groups excluding tert-OH is 1. The topological polar surface area (TPSA) is 50.1 Å². The van der Waals surface area contributed by atoms with E-state index >= 15 is 0 Å². The van der Waals surface area contributed by atoms with Gasteiger partial charge in [0.1, 0.15) is 5.82 Å². The van der Waals surface area contributed by atoms with Crippen LogP contribution in [0.3, 0.4) is 0 Å². The van der Waals surface area contributed by atoms with Gasteiger partial charge in [-0.1, -0.05) is 25.8 Å². The fraction of sp³-hybridized carbons (Fsp3) is 0.588. The van der Waals surface area contributed by atoms with Gasteiger partial charge in [0.15, 0.2) is 0 Å². The molecule has 1 aromatic carbocycles. The zero-order chi connectivity index (χ0) is 15.4. The molecule has 0 aliphatic rings. The maximum absolute atomic E-state index is 10.5. The number of nitrogens with zero attached hydrogens (tertiary/aromatic N) is 2. The van der Waals surface area contributed by atoms with Crippen molar-refractivity contribution in [1.29, 1.82) is 0 Å². The van der Waals surface area contributed by atoms with E-state index in [1.165, 1.54) is 12.8 Å². The zero-order valence-corrected chi connectivity index (χ0v) is 13.6. The minimum absolute atomic E-state index is 0.0455. The quantitative estimate of drug-likeness (QED) is 0.770. The van der Waals surface area contributed by atoms with Crippen LogP contribution in [0.4, 0.5) is 0 Å². The van der Waals surface area contributed by atoms with Gasteiger partial charge in [0.05, 0.1) is 17.1 Å². The van der Waals surface area contributed by atoms with Crippen LogP contribution < -0.4 is 5.32 Å². The van der Waals surface area contributed by atoms with Gasteiger partial charge in [-0.3, -0.25) is 0 Å². The molecule has 2 aromatic rings. The number of unbranched alkanes of at least 4 members (excludes halogenated alkanes) is 2. The van der Waals surface area contributed by atoms with Gasteiger partial charge in [-0.25, -0.2) is 4.98 Å². The third-order valence-corrected chi connectivity index (χ3v) is 4.19. The molecule has 2 rings (SSSR count). The SMILES string of the molecule is CCCCCNC(C)C(O)c1ccc2c(c1)nc(C)n2C. The lowest BCUT2D eigenvalue weighted by Crippen LogP contribution is -2.32. The minimum atomic E-state index is -0.502. The molecule has 0 amide bonds. The zero-order valence-electron chi connectivity index (χ0n) is 13.6. The van der Waals surface area contributed by atoms with Gasteiger partial charge < -0.3 is 15.0 Å². The molecule has 0 saturated carbocycles. The number of hydrogen-bond donors (Lipinski definition) is 2. The second kappa shape index (κ2) is 7.05. The summed E-state index contributed by atoms with van der Waals surface area (Å²) in [6, 6.07) is 6.08. The summed E-state index contributed by atoms with van der Waals surface area (Å²) >= 11 is 0. The van der Waals surface area contributed by atoms with Crippen molar-refractivity contribution < 1.29 is 5.11 Å². The highest BCUT2D eigenvalue weighted by Crippen LogP contribution is 2.22. The van der Waals surface area contributed by atoms with E-state index in [1.54, 1.807) is 0 Å². The molecule has 0 saturated heterocycles. The molecule has 21 heavy (non-hydrogen) atoms. The van der Waals surface area contributed by atoms with Crippen molar-refractivity contribution in [3.8, 4) is 0 Å². The van der Waals surface area contributed by atoms with E-state index < -0.39 is 6.10 Å². The fourth-order valence-corrected chi connectivity index (χ4v) is 2.63. The molecule has 2 unspecified atom stereocenters. The van der Waals surface area contributed by atoms with Crippen molar-refractivity contribution >= 4 is 11.0 Å². The van der Waals surface area contributed by atoms with E-state index in [0.29, 0.717) is 0 Å². The summed E-state index contributed by atoms with van der Waals surface area (Å²) in [7, 11) is 2.01. The van der Waals surface area contributed by atoms with E-state index in [1.807, 2.05) is 39.1 Å². The van der Waals surface area contributed by atoms with Crippen LogP contribution in [-0.4, -0.2) is 27.2 Å². The number of rotatable bonds is 7. The maximum atomic E-state index is 10.5. The molecule has 0 fully saturated rings. The van der Waals surface area contributed by atoms with Crippen molar-refractivity contribution in [3.05, 3.63) is 29.6 Å². The smallest absolute Gasteiger partial charge is 0.106 e. The van der Waals surface area contributed by atoms with E-state index in [9.17, 15) is 5.11 Å². The van der Waals surface area contributed by atoms with Crippen molar-refractivity contribution in [1.82, 2.24) is 14.9 Å². The largest absolute Gasteiger partial charge is 0.387 e. The van der Waals surface area contributed by atoms with Crippen molar-refractivity contribution in [3.63, 3.8) is 0 Å². The molecular weight excluding hydrogens is 262 g/mol. The Labute approximate surface area is 127 Å². The first-order valence-electron chi connectivity index (χ1n) is 7.89. The highest BCUT2D eigenvalue weighted by molar-refractivity contribution is 5.76. The van der Waals surface area contributed by atoms with Crippen LogP contribution in [0.2, 0.25) is 0 Å². The first-order valence-corrected chi connectivity index (χ1v) is 7.89. The average Bonchev–Trinajstić information content (AvgIpc) is 2.77. The van der Waals surface area contributed by atoms with Crippen LogP contribution in [0.15, 0.2) is 18.2 Å². The molecule has 2 N–H and O–H groups in total. The molecule has 0 aliphatic heterocycles. The Hall–Kier alpha value is -1.39. The summed E-state index contributed by atoms with van der Waals surface area (Å²) in [6.45, 7) is 7.18. The predicted molar refractivity (Wildman–Crippen MR) is 87.4 cm³/mol. The Kier molecular flexibility index (Phi) is 5.37. The van der Waals surface area contributed by atoms with Crippen LogP contribution in [-0.2, 0) is 7.05 Å². The molecule has 1 heterocycles. The lowest BCUT2D eigenvalue weighted by Gasteiger charge is -2.20. The number of benzene rings is 1. The average molecular weight is 289 g/mol. The molecule has 0 bridgehead atoms. The first-order chi connectivity index (χ1) is 10.0. The van der Waals surface area contributed by atoms with Gasteiger partial charge >= 0.3 is 0 Å². The Morgan fingerprint density at radius 3 is 2.81 bits per heavy atom. The van der Waals surface area contributed by atoms with E-state index in [4.69, 9.17) is 0 Å². The van der Waals surface area contributed by atoms with Crippen LogP contribution in [0.1, 0.15) is 50.6 Å². The van der Waals surface area contributed by atoms with Gasteiger partial charge in [-0.15, -0.1) is 0 Å². The van der Waals surface area contributed by atoms with Gasteiger partial charge in [-0.05, 0) is 44.5 Å². The summed E-state index contributed by atoms with van der Waals surface area (Å²) in [5.74, 6) is 0.988. The Bertz CT molecular complexity index is 591. The summed E-state index contributed by atoms with van der Waals surface area (Å²) in [5, 5.41) is 13.9. The summed E-state index contributed by atoms with van der Waals surface area (Å²) in [5.41, 5.74) is 2.98. The number of aliphatic hydroxyl groups is 1. The first kappa shape index (κ1) is 16.0. The third-order valence-electron chi connectivity index (χ3n) is 4.19. The lowest BCUT2D eigenvalue weighted by molar-refractivity contribution is 0.136. The monoisotopic (exact) mass is 289 g/mol. The number of imidazole rings is 1. The number of aromatic nitrogens is 2. The molecular formula is C17H27N3O. The van der Waals surface area contributed by atoms with E-state index in [0.717, 1.165) is 35.4 Å². The second-order valence-corrected chi connectivity index (χ2v) is 5.86. The van der Waals surface area contributed by atoms with E-state index in [-0.39, 0.29) is 6.04 Å². The normalized spacial score (nSPS) is 14.5. The highest BCUT2D eigenvalue weighted by Gasteiger charge is 2.17. The highest BCUT2D eigenvalue weighted by atomic mass is 16.3. The Morgan fingerprint density at radius 2 is 2.10 bits per heavy atom. The maximum Gasteiger partial charge on any atom is 0.106 e. The van der Waals surface area contributed by atoms with Gasteiger partial charge in [0, 0.05) is 13.1 Å². The Morgan fingerprint density at radius 1 is 1.33 bits per heavy atom. The standard InChI is InChI=1S/C17H27N3O/c1-5-6-7-10-18-12(2)17(21)14-8-9-16-15(11-14)19-13(3)20(16)4/h8-9,11-12,17-18,21H,5-7,10H2,1-4H3. The van der Waals surface area contributed by atoms with Gasteiger partial charge in [-0.2, -0.15) is 0 Å². The van der Waals surface area contributed by atoms with E-state index in [2.05, 4.69) is 21.8 Å². The molecule has 4 heteroatoms. The molecule has 2 atom stereocenters. The van der Waals surface area contributed by atoms with Crippen LogP contribution in [0.5, 0.6) is 0 Å². The van der Waals surface area contributed by atoms with Crippen LogP contribution in [0, 0.1) is 6.92 Å². The second-order valence-electron chi connectivity index (χ2n) is 5.86. The fourth-order valence-electron chi connectivity index (χ4n) is 2.63. The third kappa shape index (κ3) is 3.63. The van der Waals surface area contributed by atoms with Gasteiger partial charge in [0.2, 0.25) is 0 Å². The lowest BCUT2D eigenvalue weighted by atomic mass is 10.0. The molecule has 1 aromatic heterocycles. The number of fused-ring (bicyclic) bond motifs is 1.